The fourth-order valence-corrected chi connectivity index (χ4v) is 3.18. The highest BCUT2D eigenvalue weighted by molar-refractivity contribution is 7.89. The maximum atomic E-state index is 12.3. The number of nitrogens with one attached hydrogen (secondary N) is 2. The van der Waals surface area contributed by atoms with Gasteiger partial charge < -0.3 is 14.8 Å². The minimum atomic E-state index is -3.79. The van der Waals surface area contributed by atoms with Gasteiger partial charge in [0.15, 0.2) is 0 Å². The number of methoxy groups -OCH3 is 1. The number of sulfonamides is 1. The number of benzene rings is 1. The second kappa shape index (κ2) is 8.85. The smallest absolute Gasteiger partial charge is 0.241 e. The Bertz CT molecular complexity index is 631. The molecule has 0 unspecified atom stereocenters. The minimum absolute atomic E-state index is 0.0926. The van der Waals surface area contributed by atoms with E-state index in [0.29, 0.717) is 31.1 Å². The molecule has 1 atom stereocenters. The molecule has 1 aromatic carbocycles. The highest BCUT2D eigenvalue weighted by Gasteiger charge is 2.22. The third-order valence-electron chi connectivity index (χ3n) is 3.09. The summed E-state index contributed by atoms with van der Waals surface area (Å²) < 4.78 is 37.2. The van der Waals surface area contributed by atoms with E-state index in [-0.39, 0.29) is 4.90 Å². The van der Waals surface area contributed by atoms with Gasteiger partial charge in [0.2, 0.25) is 15.9 Å². The van der Waals surface area contributed by atoms with E-state index in [0.717, 1.165) is 0 Å². The summed E-state index contributed by atoms with van der Waals surface area (Å²) in [6.45, 7) is 6.30. The summed E-state index contributed by atoms with van der Waals surface area (Å²) >= 11 is 0. The Morgan fingerprint density at radius 1 is 1.35 bits per heavy atom. The molecule has 130 valence electrons. The van der Waals surface area contributed by atoms with E-state index in [2.05, 4.69) is 10.0 Å². The molecule has 0 heterocycles. The van der Waals surface area contributed by atoms with Crippen LogP contribution in [0.25, 0.3) is 0 Å². The molecule has 0 bridgehead atoms. The summed E-state index contributed by atoms with van der Waals surface area (Å²) in [6, 6.07) is 3.69. The van der Waals surface area contributed by atoms with Crippen molar-refractivity contribution in [2.75, 3.05) is 26.9 Å². The topological polar surface area (TPSA) is 93.7 Å². The van der Waals surface area contributed by atoms with Gasteiger partial charge in [0.25, 0.3) is 0 Å². The Balaban J connectivity index is 2.78. The summed E-state index contributed by atoms with van der Waals surface area (Å²) in [6.07, 6.45) is 0. The van der Waals surface area contributed by atoms with Crippen LogP contribution in [0, 0.1) is 6.92 Å². The zero-order valence-electron chi connectivity index (χ0n) is 13.9. The van der Waals surface area contributed by atoms with Crippen LogP contribution in [0.3, 0.4) is 0 Å². The number of amides is 1. The first-order valence-electron chi connectivity index (χ1n) is 7.34. The number of hydrogen-bond acceptors (Lipinski definition) is 5. The van der Waals surface area contributed by atoms with Gasteiger partial charge in [0.1, 0.15) is 5.75 Å². The maximum Gasteiger partial charge on any atom is 0.241 e. The van der Waals surface area contributed by atoms with E-state index in [1.165, 1.54) is 26.2 Å². The van der Waals surface area contributed by atoms with Crippen LogP contribution in [-0.4, -0.2) is 47.2 Å². The van der Waals surface area contributed by atoms with Gasteiger partial charge in [-0.2, -0.15) is 4.72 Å². The molecule has 0 aliphatic heterocycles. The van der Waals surface area contributed by atoms with Crippen molar-refractivity contribution in [2.24, 2.45) is 0 Å². The quantitative estimate of drug-likeness (QED) is 0.647. The van der Waals surface area contributed by atoms with Crippen LogP contribution in [0.2, 0.25) is 0 Å². The third-order valence-corrected chi connectivity index (χ3v) is 4.63. The summed E-state index contributed by atoms with van der Waals surface area (Å²) in [7, 11) is -2.27. The molecule has 0 aliphatic rings. The van der Waals surface area contributed by atoms with Gasteiger partial charge in [-0.3, -0.25) is 4.79 Å². The van der Waals surface area contributed by atoms with E-state index in [1.54, 1.807) is 13.0 Å². The largest absolute Gasteiger partial charge is 0.494 e. The first-order valence-corrected chi connectivity index (χ1v) is 8.82. The van der Waals surface area contributed by atoms with Crippen molar-refractivity contribution >= 4 is 15.9 Å². The van der Waals surface area contributed by atoms with E-state index in [4.69, 9.17) is 9.47 Å². The molecule has 0 spiro atoms. The summed E-state index contributed by atoms with van der Waals surface area (Å²) in [5.74, 6) is 0.227. The van der Waals surface area contributed by atoms with Crippen molar-refractivity contribution in [3.8, 4) is 5.75 Å². The molecule has 7 nitrogen and oxygen atoms in total. The molecule has 1 amide bonds. The van der Waals surface area contributed by atoms with Gasteiger partial charge in [-0.1, -0.05) is 0 Å². The molecule has 1 aromatic rings. The monoisotopic (exact) mass is 344 g/mol. The van der Waals surface area contributed by atoms with Crippen LogP contribution in [0.15, 0.2) is 23.1 Å². The average molecular weight is 344 g/mol. The zero-order valence-corrected chi connectivity index (χ0v) is 14.7. The van der Waals surface area contributed by atoms with E-state index in [9.17, 15) is 13.2 Å². The standard InChI is InChI=1S/C15H24N2O5S/c1-5-22-14-7-6-13(10-11(14)2)23(19,20)17-12(3)15(18)16-8-9-21-4/h6-7,10,12,17H,5,8-9H2,1-4H3,(H,16,18)/t12-/m1/s1. The summed E-state index contributed by atoms with van der Waals surface area (Å²) in [4.78, 5) is 11.9. The number of aryl methyl sites for hydroxylation is 1. The highest BCUT2D eigenvalue weighted by Crippen LogP contribution is 2.21. The lowest BCUT2D eigenvalue weighted by Gasteiger charge is -2.15. The molecule has 1 rings (SSSR count). The maximum absolute atomic E-state index is 12.3. The lowest BCUT2D eigenvalue weighted by atomic mass is 10.2. The van der Waals surface area contributed by atoms with Crippen molar-refractivity contribution in [2.45, 2.75) is 31.7 Å². The summed E-state index contributed by atoms with van der Waals surface area (Å²) in [5, 5.41) is 2.58. The molecular formula is C15H24N2O5S. The highest BCUT2D eigenvalue weighted by atomic mass is 32.2. The van der Waals surface area contributed by atoms with Gasteiger partial charge in [0, 0.05) is 13.7 Å². The zero-order chi connectivity index (χ0) is 17.5. The normalized spacial score (nSPS) is 12.7. The van der Waals surface area contributed by atoms with Gasteiger partial charge >= 0.3 is 0 Å². The van der Waals surface area contributed by atoms with E-state index in [1.807, 2.05) is 6.92 Å². The van der Waals surface area contributed by atoms with Crippen LogP contribution in [0.1, 0.15) is 19.4 Å². The van der Waals surface area contributed by atoms with Crippen LogP contribution in [0.5, 0.6) is 5.75 Å². The van der Waals surface area contributed by atoms with Gasteiger partial charge in [-0.15, -0.1) is 0 Å². The molecule has 2 N–H and O–H groups in total. The first-order chi connectivity index (χ1) is 10.8. The molecule has 23 heavy (non-hydrogen) atoms. The molecule has 0 radical (unpaired) electrons. The predicted molar refractivity (Wildman–Crippen MR) is 87.0 cm³/mol. The number of carbonyl (C=O) groups excluding carboxylic acids is 1. The Labute approximate surface area is 137 Å². The van der Waals surface area contributed by atoms with Crippen molar-refractivity contribution in [3.63, 3.8) is 0 Å². The predicted octanol–water partition coefficient (Wildman–Crippen LogP) is 0.823. The van der Waals surface area contributed by atoms with Gasteiger partial charge in [0.05, 0.1) is 24.2 Å². The molecule has 0 saturated heterocycles. The Kier molecular flexibility index (Phi) is 7.47. The number of ether oxygens (including phenoxy) is 2. The summed E-state index contributed by atoms with van der Waals surface area (Å²) in [5.41, 5.74) is 0.715. The van der Waals surface area contributed by atoms with Crippen molar-refractivity contribution in [1.82, 2.24) is 10.0 Å². The number of carbonyl (C=O) groups is 1. The Morgan fingerprint density at radius 3 is 2.61 bits per heavy atom. The molecule has 8 heteroatoms. The lowest BCUT2D eigenvalue weighted by molar-refractivity contribution is -0.122. The Hall–Kier alpha value is -1.64. The average Bonchev–Trinajstić information content (AvgIpc) is 2.49. The minimum Gasteiger partial charge on any atom is -0.494 e. The second-order valence-corrected chi connectivity index (χ2v) is 6.70. The van der Waals surface area contributed by atoms with Crippen molar-refractivity contribution in [3.05, 3.63) is 23.8 Å². The van der Waals surface area contributed by atoms with Gasteiger partial charge in [-0.05, 0) is 44.5 Å². The van der Waals surface area contributed by atoms with Crippen LogP contribution >= 0.6 is 0 Å². The molecule has 0 aromatic heterocycles. The van der Waals surface area contributed by atoms with E-state index >= 15 is 0 Å². The SMILES string of the molecule is CCOc1ccc(S(=O)(=O)N[C@H](C)C(=O)NCCOC)cc1C. The van der Waals surface area contributed by atoms with Crippen molar-refractivity contribution in [1.29, 1.82) is 0 Å². The van der Waals surface area contributed by atoms with E-state index < -0.39 is 22.0 Å². The number of hydrogen-bond donors (Lipinski definition) is 2. The van der Waals surface area contributed by atoms with Crippen LogP contribution < -0.4 is 14.8 Å². The first kappa shape index (κ1) is 19.4. The Morgan fingerprint density at radius 2 is 2.04 bits per heavy atom. The number of rotatable bonds is 9. The van der Waals surface area contributed by atoms with Crippen LogP contribution in [0.4, 0.5) is 0 Å². The van der Waals surface area contributed by atoms with Crippen molar-refractivity contribution < 1.29 is 22.7 Å². The fourth-order valence-electron chi connectivity index (χ4n) is 1.89. The molecule has 0 aliphatic carbocycles. The van der Waals surface area contributed by atoms with Gasteiger partial charge in [-0.25, -0.2) is 8.42 Å². The second-order valence-electron chi connectivity index (χ2n) is 4.99. The fraction of sp³-hybridized carbons (Fsp3) is 0.533. The third kappa shape index (κ3) is 5.81. The van der Waals surface area contributed by atoms with Crippen LogP contribution in [-0.2, 0) is 19.6 Å². The lowest BCUT2D eigenvalue weighted by Crippen LogP contribution is -2.45. The molecular weight excluding hydrogens is 320 g/mol. The molecule has 0 fully saturated rings. The molecule has 0 saturated carbocycles.